The van der Waals surface area contributed by atoms with Gasteiger partial charge in [0.2, 0.25) is 17.7 Å². The molecule has 0 radical (unpaired) electrons. The molecule has 3 atom stereocenters. The summed E-state index contributed by atoms with van der Waals surface area (Å²) in [6.45, 7) is 3.98. The van der Waals surface area contributed by atoms with Gasteiger partial charge in [-0.05, 0) is 46.6 Å². The van der Waals surface area contributed by atoms with Crippen LogP contribution in [0.25, 0.3) is 0 Å². The Balaban J connectivity index is 4.79. The fourth-order valence-electron chi connectivity index (χ4n) is 1.96. The van der Waals surface area contributed by atoms with Crippen LogP contribution in [-0.4, -0.2) is 70.7 Å². The zero-order valence-electron chi connectivity index (χ0n) is 15.9. The van der Waals surface area contributed by atoms with Crippen LogP contribution in [0.1, 0.15) is 40.0 Å². The van der Waals surface area contributed by atoms with Crippen LogP contribution in [0.5, 0.6) is 0 Å². The van der Waals surface area contributed by atoms with E-state index in [-0.39, 0.29) is 6.42 Å². The number of carbonyl (C=O) groups is 4. The lowest BCUT2D eigenvalue weighted by molar-refractivity contribution is -0.142. The predicted molar refractivity (Wildman–Crippen MR) is 97.4 cm³/mol. The van der Waals surface area contributed by atoms with Crippen molar-refractivity contribution >= 4 is 23.7 Å². The summed E-state index contributed by atoms with van der Waals surface area (Å²) in [4.78, 5) is 47.3. The van der Waals surface area contributed by atoms with Crippen LogP contribution >= 0.6 is 0 Å². The Bertz CT molecular complexity index is 534. The SMILES string of the molecule is C[C@H](NC(=O)C(C)(C)N)C(=O)N[C@@H](CO)C(=O)N[C@@H](CCCCN)C(=O)O. The third-order valence-electron chi connectivity index (χ3n) is 3.70. The second-order valence-electron chi connectivity index (χ2n) is 6.84. The number of carboxylic acid groups (broad SMARTS) is 1. The van der Waals surface area contributed by atoms with Gasteiger partial charge in [0.1, 0.15) is 18.1 Å². The van der Waals surface area contributed by atoms with Gasteiger partial charge in [0, 0.05) is 0 Å². The van der Waals surface area contributed by atoms with Crippen molar-refractivity contribution in [3.63, 3.8) is 0 Å². The lowest BCUT2D eigenvalue weighted by Gasteiger charge is -2.24. The number of hydrogen-bond acceptors (Lipinski definition) is 7. The standard InChI is InChI=1S/C16H31N5O6/c1-9(19-15(27)16(2,3)18)12(23)21-11(8-22)13(24)20-10(14(25)26)6-4-5-7-17/h9-11,22H,4-8,17-18H2,1-3H3,(H,19,27)(H,20,24)(H,21,23)(H,25,26)/t9-,10-,11-/m0/s1. The van der Waals surface area contributed by atoms with E-state index in [4.69, 9.17) is 16.6 Å². The number of rotatable bonds is 12. The highest BCUT2D eigenvalue weighted by molar-refractivity contribution is 5.94. The highest BCUT2D eigenvalue weighted by Crippen LogP contribution is 2.02. The monoisotopic (exact) mass is 389 g/mol. The molecule has 27 heavy (non-hydrogen) atoms. The molecule has 0 heterocycles. The molecule has 0 saturated carbocycles. The first kappa shape index (κ1) is 24.8. The van der Waals surface area contributed by atoms with Gasteiger partial charge in [-0.1, -0.05) is 0 Å². The molecule has 0 fully saturated rings. The van der Waals surface area contributed by atoms with Gasteiger partial charge in [0.05, 0.1) is 12.1 Å². The number of aliphatic hydroxyl groups is 1. The van der Waals surface area contributed by atoms with Crippen LogP contribution in [-0.2, 0) is 19.2 Å². The topological polar surface area (TPSA) is 197 Å². The molecule has 0 aliphatic rings. The maximum atomic E-state index is 12.2. The number of aliphatic hydroxyl groups excluding tert-OH is 1. The van der Waals surface area contributed by atoms with Crippen LogP contribution in [0.3, 0.4) is 0 Å². The summed E-state index contributed by atoms with van der Waals surface area (Å²) in [6, 6.07) is -3.54. The summed E-state index contributed by atoms with van der Waals surface area (Å²) in [7, 11) is 0. The molecule has 0 rings (SSSR count). The summed E-state index contributed by atoms with van der Waals surface area (Å²) in [6.07, 6.45) is 1.28. The van der Waals surface area contributed by atoms with Gasteiger partial charge < -0.3 is 37.6 Å². The summed E-state index contributed by atoms with van der Waals surface area (Å²) >= 11 is 0. The zero-order chi connectivity index (χ0) is 21.2. The maximum Gasteiger partial charge on any atom is 0.326 e. The first-order chi connectivity index (χ1) is 12.4. The van der Waals surface area contributed by atoms with E-state index in [0.29, 0.717) is 19.4 Å². The molecule has 0 bridgehead atoms. The molecule has 0 aromatic carbocycles. The van der Waals surface area contributed by atoms with Crippen molar-refractivity contribution in [1.82, 2.24) is 16.0 Å². The number of carbonyl (C=O) groups excluding carboxylic acids is 3. The fraction of sp³-hybridized carbons (Fsp3) is 0.750. The second-order valence-corrected chi connectivity index (χ2v) is 6.84. The van der Waals surface area contributed by atoms with E-state index in [1.165, 1.54) is 20.8 Å². The number of nitrogens with one attached hydrogen (secondary N) is 3. The van der Waals surface area contributed by atoms with E-state index in [1.54, 1.807) is 0 Å². The molecule has 11 nitrogen and oxygen atoms in total. The van der Waals surface area contributed by atoms with Gasteiger partial charge >= 0.3 is 5.97 Å². The number of amides is 3. The number of carboxylic acids is 1. The molecule has 156 valence electrons. The smallest absolute Gasteiger partial charge is 0.326 e. The summed E-state index contributed by atoms with van der Waals surface area (Å²) in [5, 5.41) is 25.4. The van der Waals surface area contributed by atoms with Gasteiger partial charge in [-0.2, -0.15) is 0 Å². The fourth-order valence-corrected chi connectivity index (χ4v) is 1.96. The number of hydrogen-bond donors (Lipinski definition) is 7. The quantitative estimate of drug-likeness (QED) is 0.176. The molecule has 0 aromatic rings. The van der Waals surface area contributed by atoms with Gasteiger partial charge in [0.15, 0.2) is 0 Å². The van der Waals surface area contributed by atoms with Crippen molar-refractivity contribution in [2.75, 3.05) is 13.2 Å². The molecule has 9 N–H and O–H groups in total. The highest BCUT2D eigenvalue weighted by Gasteiger charge is 2.29. The zero-order valence-corrected chi connectivity index (χ0v) is 15.9. The molecular weight excluding hydrogens is 358 g/mol. The van der Waals surface area contributed by atoms with Crippen LogP contribution in [0.2, 0.25) is 0 Å². The summed E-state index contributed by atoms with van der Waals surface area (Å²) in [5.74, 6) is -3.37. The molecule has 0 aromatic heterocycles. The van der Waals surface area contributed by atoms with Crippen molar-refractivity contribution in [3.8, 4) is 0 Å². The van der Waals surface area contributed by atoms with Crippen LogP contribution in [0.4, 0.5) is 0 Å². The average molecular weight is 389 g/mol. The van der Waals surface area contributed by atoms with Crippen LogP contribution < -0.4 is 27.4 Å². The molecule has 0 spiro atoms. The van der Waals surface area contributed by atoms with Crippen molar-refractivity contribution in [1.29, 1.82) is 0 Å². The molecule has 0 saturated heterocycles. The average Bonchev–Trinajstić information content (AvgIpc) is 2.57. The van der Waals surface area contributed by atoms with Crippen LogP contribution in [0, 0.1) is 0 Å². The van der Waals surface area contributed by atoms with Crippen LogP contribution in [0.15, 0.2) is 0 Å². The molecule has 0 aliphatic heterocycles. The minimum Gasteiger partial charge on any atom is -0.480 e. The van der Waals surface area contributed by atoms with Crippen molar-refractivity contribution in [2.45, 2.75) is 63.7 Å². The first-order valence-electron chi connectivity index (χ1n) is 8.68. The van der Waals surface area contributed by atoms with E-state index in [0.717, 1.165) is 0 Å². The van der Waals surface area contributed by atoms with Gasteiger partial charge in [-0.15, -0.1) is 0 Å². The van der Waals surface area contributed by atoms with E-state index in [2.05, 4.69) is 16.0 Å². The van der Waals surface area contributed by atoms with Crippen molar-refractivity contribution in [2.24, 2.45) is 11.5 Å². The Kier molecular flexibility index (Phi) is 10.5. The lowest BCUT2D eigenvalue weighted by Crippen LogP contribution is -2.58. The van der Waals surface area contributed by atoms with Gasteiger partial charge in [-0.3, -0.25) is 14.4 Å². The lowest BCUT2D eigenvalue weighted by atomic mass is 10.1. The van der Waals surface area contributed by atoms with E-state index in [1.807, 2.05) is 0 Å². The number of nitrogens with two attached hydrogens (primary N) is 2. The minimum absolute atomic E-state index is 0.169. The van der Waals surface area contributed by atoms with E-state index in [9.17, 15) is 24.3 Å². The Hall–Kier alpha value is -2.24. The van der Waals surface area contributed by atoms with Crippen molar-refractivity contribution in [3.05, 3.63) is 0 Å². The largest absolute Gasteiger partial charge is 0.480 e. The van der Waals surface area contributed by atoms with Gasteiger partial charge in [0.25, 0.3) is 0 Å². The number of aliphatic carboxylic acids is 1. The molecular formula is C16H31N5O6. The van der Waals surface area contributed by atoms with E-state index >= 15 is 0 Å². The van der Waals surface area contributed by atoms with Crippen molar-refractivity contribution < 1.29 is 29.4 Å². The van der Waals surface area contributed by atoms with Gasteiger partial charge in [-0.25, -0.2) is 4.79 Å². The second kappa shape index (κ2) is 11.5. The maximum absolute atomic E-state index is 12.2. The summed E-state index contributed by atoms with van der Waals surface area (Å²) in [5.41, 5.74) is 9.78. The normalized spacial score (nSPS) is 14.6. The number of unbranched alkanes of at least 4 members (excludes halogenated alkanes) is 1. The minimum atomic E-state index is -1.36. The van der Waals surface area contributed by atoms with E-state index < -0.39 is 54.0 Å². The first-order valence-corrected chi connectivity index (χ1v) is 8.68. The molecule has 0 unspecified atom stereocenters. The Morgan fingerprint density at radius 2 is 1.56 bits per heavy atom. The Labute approximate surface area is 158 Å². The third-order valence-corrected chi connectivity index (χ3v) is 3.70. The predicted octanol–water partition coefficient (Wildman–Crippen LogP) is -2.60. The Morgan fingerprint density at radius 3 is 2.00 bits per heavy atom. The highest BCUT2D eigenvalue weighted by atomic mass is 16.4. The molecule has 11 heteroatoms. The molecule has 3 amide bonds. The summed E-state index contributed by atoms with van der Waals surface area (Å²) < 4.78 is 0. The Morgan fingerprint density at radius 1 is 1.00 bits per heavy atom. The third kappa shape index (κ3) is 9.31. The molecule has 0 aliphatic carbocycles.